The molecule has 0 saturated heterocycles. The fourth-order valence-electron chi connectivity index (χ4n) is 5.18. The Bertz CT molecular complexity index is 2080. The topological polar surface area (TPSA) is 70.0 Å². The summed E-state index contributed by atoms with van der Waals surface area (Å²) in [5, 5.41) is 25.9. The molecule has 0 aliphatic heterocycles. The van der Waals surface area contributed by atoms with Crippen LogP contribution in [-0.4, -0.2) is 0 Å². The molecule has 0 saturated carbocycles. The van der Waals surface area contributed by atoms with E-state index < -0.39 is 0 Å². The average Bonchev–Trinajstić information content (AvgIpc) is 3.32. The Morgan fingerprint density at radius 2 is 1.32 bits per heavy atom. The highest BCUT2D eigenvalue weighted by Crippen LogP contribution is 2.45. The fourth-order valence-corrected chi connectivity index (χ4v) is 5.34. The first-order chi connectivity index (χ1) is 18.1. The smallest absolute Gasteiger partial charge is 0.146 e. The van der Waals surface area contributed by atoms with Crippen LogP contribution in [0.3, 0.4) is 0 Å². The van der Waals surface area contributed by atoms with Crippen LogP contribution < -0.4 is 4.74 Å². The van der Waals surface area contributed by atoms with Crippen LogP contribution in [0.15, 0.2) is 95.4 Å². The number of nitriles is 2. The zero-order valence-electron chi connectivity index (χ0n) is 19.2. The maximum atomic E-state index is 9.37. The number of benzene rings is 6. The highest BCUT2D eigenvalue weighted by atomic mass is 35.5. The molecule has 7 rings (SSSR count). The van der Waals surface area contributed by atoms with Crippen molar-refractivity contribution < 1.29 is 9.15 Å². The summed E-state index contributed by atoms with van der Waals surface area (Å²) in [6.45, 7) is 0. The minimum absolute atomic E-state index is 0.416. The largest absolute Gasteiger partial charge is 0.456 e. The predicted molar refractivity (Wildman–Crippen MR) is 146 cm³/mol. The summed E-state index contributed by atoms with van der Waals surface area (Å²) in [4.78, 5) is 0. The van der Waals surface area contributed by atoms with Gasteiger partial charge in [0.25, 0.3) is 0 Å². The van der Waals surface area contributed by atoms with Crippen LogP contribution in [0, 0.1) is 22.7 Å². The molecule has 7 aromatic rings. The Morgan fingerprint density at radius 3 is 2.08 bits per heavy atom. The number of hydrogen-bond acceptors (Lipinski definition) is 4. The Hall–Kier alpha value is -5.03. The zero-order chi connectivity index (χ0) is 25.1. The van der Waals surface area contributed by atoms with E-state index in [0.29, 0.717) is 27.6 Å². The van der Waals surface area contributed by atoms with Gasteiger partial charge < -0.3 is 9.15 Å². The third-order valence-corrected chi connectivity index (χ3v) is 7.08. The van der Waals surface area contributed by atoms with Gasteiger partial charge in [0.2, 0.25) is 0 Å². The second-order valence-corrected chi connectivity index (χ2v) is 9.35. The van der Waals surface area contributed by atoms with Crippen LogP contribution >= 0.6 is 11.6 Å². The van der Waals surface area contributed by atoms with E-state index in [1.807, 2.05) is 48.5 Å². The molecule has 172 valence electrons. The molecule has 5 heteroatoms. The maximum absolute atomic E-state index is 9.37. The van der Waals surface area contributed by atoms with Gasteiger partial charge in [-0.1, -0.05) is 54.1 Å². The normalized spacial score (nSPS) is 11.3. The van der Waals surface area contributed by atoms with Crippen LogP contribution in [0.5, 0.6) is 11.5 Å². The van der Waals surface area contributed by atoms with Crippen molar-refractivity contribution in [3.05, 3.63) is 107 Å². The average molecular weight is 495 g/mol. The van der Waals surface area contributed by atoms with Crippen LogP contribution in [0.1, 0.15) is 11.1 Å². The number of ether oxygens (including phenoxy) is 1. The summed E-state index contributed by atoms with van der Waals surface area (Å²) in [7, 11) is 0. The second-order valence-electron chi connectivity index (χ2n) is 8.94. The highest BCUT2D eigenvalue weighted by molar-refractivity contribution is 6.33. The number of halogens is 1. The maximum Gasteiger partial charge on any atom is 0.146 e. The molecule has 0 aliphatic rings. The minimum atomic E-state index is 0.416. The van der Waals surface area contributed by atoms with Crippen molar-refractivity contribution >= 4 is 55.1 Å². The lowest BCUT2D eigenvalue weighted by Crippen LogP contribution is -1.89. The predicted octanol–water partition coefficient (Wildman–Crippen LogP) is 9.19. The third kappa shape index (κ3) is 3.28. The quantitative estimate of drug-likeness (QED) is 0.229. The van der Waals surface area contributed by atoms with Crippen molar-refractivity contribution in [1.82, 2.24) is 0 Å². The van der Waals surface area contributed by atoms with Gasteiger partial charge in [0.15, 0.2) is 0 Å². The highest BCUT2D eigenvalue weighted by Gasteiger charge is 2.19. The lowest BCUT2D eigenvalue weighted by Gasteiger charge is -2.12. The minimum Gasteiger partial charge on any atom is -0.456 e. The van der Waals surface area contributed by atoms with Gasteiger partial charge in [-0.15, -0.1) is 0 Å². The number of hydrogen-bond donors (Lipinski definition) is 0. The molecular weight excluding hydrogens is 480 g/mol. The van der Waals surface area contributed by atoms with Crippen molar-refractivity contribution in [2.75, 3.05) is 0 Å². The Balaban J connectivity index is 1.40. The molecule has 0 bridgehead atoms. The van der Waals surface area contributed by atoms with E-state index in [1.165, 1.54) is 5.39 Å². The summed E-state index contributed by atoms with van der Waals surface area (Å²) < 4.78 is 12.6. The molecule has 6 aromatic carbocycles. The Morgan fingerprint density at radius 1 is 0.622 bits per heavy atom. The molecule has 0 radical (unpaired) electrons. The molecule has 4 nitrogen and oxygen atoms in total. The van der Waals surface area contributed by atoms with Gasteiger partial charge in [0.1, 0.15) is 22.7 Å². The molecule has 0 atom stereocenters. The first kappa shape index (κ1) is 21.3. The molecule has 0 fully saturated rings. The summed E-state index contributed by atoms with van der Waals surface area (Å²) in [5.74, 6) is 1.06. The van der Waals surface area contributed by atoms with Crippen LogP contribution in [0.2, 0.25) is 5.02 Å². The van der Waals surface area contributed by atoms with Crippen molar-refractivity contribution in [3.63, 3.8) is 0 Å². The molecule has 1 heterocycles. The van der Waals surface area contributed by atoms with E-state index in [0.717, 1.165) is 49.2 Å². The van der Waals surface area contributed by atoms with E-state index in [4.69, 9.17) is 20.8 Å². The third-order valence-electron chi connectivity index (χ3n) is 6.76. The van der Waals surface area contributed by atoms with Gasteiger partial charge in [-0.3, -0.25) is 0 Å². The lowest BCUT2D eigenvalue weighted by atomic mass is 9.94. The fraction of sp³-hybridized carbons (Fsp3) is 0. The summed E-state index contributed by atoms with van der Waals surface area (Å²) >= 11 is 6.54. The Labute approximate surface area is 216 Å². The van der Waals surface area contributed by atoms with Crippen molar-refractivity contribution in [2.45, 2.75) is 0 Å². The van der Waals surface area contributed by atoms with Crippen LogP contribution in [-0.2, 0) is 0 Å². The van der Waals surface area contributed by atoms with E-state index in [2.05, 4.69) is 30.3 Å². The summed E-state index contributed by atoms with van der Waals surface area (Å²) in [6, 6.07) is 33.1. The second kappa shape index (κ2) is 8.00. The van der Waals surface area contributed by atoms with Crippen molar-refractivity contribution in [2.24, 2.45) is 0 Å². The van der Waals surface area contributed by atoms with Gasteiger partial charge >= 0.3 is 0 Å². The number of nitrogens with zero attached hydrogens (tertiary/aromatic N) is 2. The van der Waals surface area contributed by atoms with Gasteiger partial charge in [-0.25, -0.2) is 0 Å². The van der Waals surface area contributed by atoms with E-state index >= 15 is 0 Å². The van der Waals surface area contributed by atoms with E-state index in [9.17, 15) is 10.5 Å². The molecule has 0 unspecified atom stereocenters. The molecule has 0 aliphatic carbocycles. The van der Waals surface area contributed by atoms with Gasteiger partial charge in [-0.2, -0.15) is 10.5 Å². The SMILES string of the molecule is N#Cc1cc(C#N)cc(-c2ccc(Cl)c(Oc3cc4oc5cccc6c7ccccc7c(c3)c4c56)c2)c1. The molecule has 0 amide bonds. The lowest BCUT2D eigenvalue weighted by molar-refractivity contribution is 0.483. The number of rotatable bonds is 3. The molecule has 1 aromatic heterocycles. The molecular formula is C32H15ClN2O2. The first-order valence-corrected chi connectivity index (χ1v) is 12.0. The number of fused-ring (bicyclic) bond motifs is 3. The van der Waals surface area contributed by atoms with E-state index in [-0.39, 0.29) is 0 Å². The Kier molecular flexibility index (Phi) is 4.60. The van der Waals surface area contributed by atoms with Crippen LogP contribution in [0.25, 0.3) is 54.6 Å². The monoisotopic (exact) mass is 494 g/mol. The summed E-state index contributed by atoms with van der Waals surface area (Å²) in [6.07, 6.45) is 0. The molecule has 37 heavy (non-hydrogen) atoms. The van der Waals surface area contributed by atoms with Gasteiger partial charge in [0.05, 0.1) is 28.3 Å². The number of furan rings is 1. The van der Waals surface area contributed by atoms with Gasteiger partial charge in [0, 0.05) is 16.8 Å². The van der Waals surface area contributed by atoms with Gasteiger partial charge in [-0.05, 0) is 75.1 Å². The van der Waals surface area contributed by atoms with E-state index in [1.54, 1.807) is 24.3 Å². The molecule has 0 spiro atoms. The van der Waals surface area contributed by atoms with Crippen LogP contribution in [0.4, 0.5) is 0 Å². The molecule has 0 N–H and O–H groups in total. The van der Waals surface area contributed by atoms with Crippen molar-refractivity contribution in [3.8, 4) is 34.8 Å². The standard InChI is InChI=1S/C32H15ClN2O2/c33-27-9-8-20(21-11-18(16-34)10-19(12-21)17-35)13-29(27)36-22-14-26-24-5-2-1-4-23(24)25-6-3-7-28-31(25)32(26)30(15-22)37-28/h1-15H. The van der Waals surface area contributed by atoms with Crippen molar-refractivity contribution in [1.29, 1.82) is 10.5 Å². The zero-order valence-corrected chi connectivity index (χ0v) is 20.0. The summed E-state index contributed by atoms with van der Waals surface area (Å²) in [5.41, 5.74) is 3.94. The first-order valence-electron chi connectivity index (χ1n) is 11.6.